The highest BCUT2D eigenvalue weighted by Gasteiger charge is 2.30. The summed E-state index contributed by atoms with van der Waals surface area (Å²) in [4.78, 5) is 11.1. The molecule has 7 nitrogen and oxygen atoms in total. The highest BCUT2D eigenvalue weighted by Crippen LogP contribution is 2.31. The Morgan fingerprint density at radius 2 is 2.05 bits per heavy atom. The number of benzene rings is 2. The number of ether oxygens (including phenoxy) is 1. The molecule has 4 N–H and O–H groups in total. The number of nitrogens with one attached hydrogen (secondary N) is 3. The molecule has 11 heteroatoms. The van der Waals surface area contributed by atoms with Crippen LogP contribution in [-0.4, -0.2) is 60.8 Å². The number of carboxylic acid groups (broad SMARTS) is 1. The number of alkyl halides is 4. The maximum absolute atomic E-state index is 14.4. The Bertz CT molecular complexity index is 1340. The minimum Gasteiger partial charge on any atom is -0.495 e. The number of hydrogen-bond acceptors (Lipinski definition) is 5. The average molecular weight is 519 g/mol. The second-order valence-corrected chi connectivity index (χ2v) is 8.60. The van der Waals surface area contributed by atoms with Gasteiger partial charge in [0.25, 0.3) is 0 Å². The van der Waals surface area contributed by atoms with E-state index in [0.717, 1.165) is 4.57 Å². The lowest BCUT2D eigenvalue weighted by atomic mass is 10.0. The Labute approximate surface area is 210 Å². The van der Waals surface area contributed by atoms with Crippen LogP contribution < -0.4 is 20.7 Å². The molecule has 1 saturated heterocycles. The summed E-state index contributed by atoms with van der Waals surface area (Å²) in [6.07, 6.45) is -5.04. The van der Waals surface area contributed by atoms with Crippen LogP contribution in [0.25, 0.3) is 10.9 Å². The largest absolute Gasteiger partial charge is 0.495 e. The van der Waals surface area contributed by atoms with Crippen molar-refractivity contribution in [2.75, 3.05) is 37.4 Å². The van der Waals surface area contributed by atoms with E-state index in [-0.39, 0.29) is 24.3 Å². The minimum absolute atomic E-state index is 0.0538. The number of methoxy groups -OCH3 is 1. The summed E-state index contributed by atoms with van der Waals surface area (Å²) in [7, 11) is 1.40. The number of halogens is 4. The highest BCUT2D eigenvalue weighted by molar-refractivity contribution is 5.94. The molecule has 0 amide bonds. The van der Waals surface area contributed by atoms with Gasteiger partial charge < -0.3 is 30.4 Å². The number of aromatic nitrogens is 1. The molecule has 1 aliphatic heterocycles. The summed E-state index contributed by atoms with van der Waals surface area (Å²) in [6, 6.07) is 10.4. The fraction of sp³-hybridized carbons (Fsp3) is 0.346. The van der Waals surface area contributed by atoms with Crippen molar-refractivity contribution in [2.45, 2.75) is 31.4 Å². The molecule has 3 aromatic rings. The first-order valence-corrected chi connectivity index (χ1v) is 11.6. The van der Waals surface area contributed by atoms with Crippen molar-refractivity contribution in [1.29, 1.82) is 0 Å². The molecule has 2 aromatic carbocycles. The van der Waals surface area contributed by atoms with Crippen molar-refractivity contribution >= 4 is 28.2 Å². The molecule has 1 aromatic heterocycles. The van der Waals surface area contributed by atoms with Crippen LogP contribution in [0.5, 0.6) is 5.75 Å². The number of piperidine rings is 1. The number of anilines is 2. The zero-order valence-electron chi connectivity index (χ0n) is 20.0. The molecule has 37 heavy (non-hydrogen) atoms. The van der Waals surface area contributed by atoms with Gasteiger partial charge in [-0.3, -0.25) is 0 Å². The van der Waals surface area contributed by atoms with Crippen molar-refractivity contribution in [1.82, 2.24) is 9.88 Å². The van der Waals surface area contributed by atoms with Gasteiger partial charge in [-0.15, -0.1) is 0 Å². The van der Waals surface area contributed by atoms with Crippen LogP contribution in [0.2, 0.25) is 0 Å². The monoisotopic (exact) mass is 518 g/mol. The van der Waals surface area contributed by atoms with Gasteiger partial charge >= 0.3 is 12.1 Å². The number of nitrogens with zero attached hydrogens (tertiary/aromatic N) is 1. The Morgan fingerprint density at radius 3 is 2.76 bits per heavy atom. The van der Waals surface area contributed by atoms with Gasteiger partial charge in [-0.25, -0.2) is 9.18 Å². The van der Waals surface area contributed by atoms with E-state index in [1.807, 2.05) is 0 Å². The van der Waals surface area contributed by atoms with E-state index in [1.54, 1.807) is 24.3 Å². The lowest BCUT2D eigenvalue weighted by Crippen LogP contribution is -2.45. The standard InChI is InChI=1S/C26H26F4N4O3/c1-37-24-12-16(25(35)36)7-8-22(24)32-10-3-4-17-13-18-20(33-21-9-11-31-14-19(21)27)5-2-6-23(18)34(17)15-26(28,29)30/h2,5-8,12-13,19,21,31-33H,9-11,14-15H2,1H3,(H,35,36)/t19-,21+/m0/s1. The molecule has 4 rings (SSSR count). The second-order valence-electron chi connectivity index (χ2n) is 8.60. The van der Waals surface area contributed by atoms with E-state index in [4.69, 9.17) is 9.84 Å². The molecular weight excluding hydrogens is 492 g/mol. The predicted octanol–water partition coefficient (Wildman–Crippen LogP) is 4.49. The molecule has 0 unspecified atom stereocenters. The van der Waals surface area contributed by atoms with E-state index in [0.29, 0.717) is 41.0 Å². The van der Waals surface area contributed by atoms with E-state index >= 15 is 0 Å². The van der Waals surface area contributed by atoms with Crippen molar-refractivity contribution < 1.29 is 32.2 Å². The maximum Gasteiger partial charge on any atom is 0.406 e. The van der Waals surface area contributed by atoms with E-state index in [2.05, 4.69) is 27.8 Å². The van der Waals surface area contributed by atoms with Crippen LogP contribution in [0.15, 0.2) is 42.5 Å². The third kappa shape index (κ3) is 6.27. The fourth-order valence-electron chi connectivity index (χ4n) is 4.29. The van der Waals surface area contributed by atoms with E-state index in [9.17, 15) is 22.4 Å². The van der Waals surface area contributed by atoms with Crippen molar-refractivity contribution in [3.8, 4) is 17.6 Å². The van der Waals surface area contributed by atoms with E-state index < -0.39 is 30.9 Å². The normalized spacial score (nSPS) is 17.6. The number of carbonyl (C=O) groups is 1. The van der Waals surface area contributed by atoms with Gasteiger partial charge in [0.1, 0.15) is 18.5 Å². The predicted molar refractivity (Wildman–Crippen MR) is 133 cm³/mol. The second kappa shape index (κ2) is 11.0. The zero-order valence-corrected chi connectivity index (χ0v) is 20.0. The molecule has 2 atom stereocenters. The molecule has 0 saturated carbocycles. The molecule has 196 valence electrons. The number of carboxylic acids is 1. The van der Waals surface area contributed by atoms with Crippen molar-refractivity contribution in [3.05, 3.63) is 53.7 Å². The topological polar surface area (TPSA) is 87.6 Å². The first-order chi connectivity index (χ1) is 17.7. The first kappa shape index (κ1) is 26.2. The Morgan fingerprint density at radius 1 is 1.24 bits per heavy atom. The molecule has 0 bridgehead atoms. The Balaban J connectivity index is 1.61. The summed E-state index contributed by atoms with van der Waals surface area (Å²) in [5, 5.41) is 18.8. The highest BCUT2D eigenvalue weighted by atomic mass is 19.4. The summed E-state index contributed by atoms with van der Waals surface area (Å²) in [6.45, 7) is -0.284. The van der Waals surface area contributed by atoms with Crippen LogP contribution in [0.3, 0.4) is 0 Å². The first-order valence-electron chi connectivity index (χ1n) is 11.6. The molecule has 0 spiro atoms. The van der Waals surface area contributed by atoms with Gasteiger partial charge in [0.05, 0.1) is 42.2 Å². The lowest BCUT2D eigenvalue weighted by Gasteiger charge is -2.28. The molecule has 2 heterocycles. The summed E-state index contributed by atoms with van der Waals surface area (Å²) in [5.41, 5.74) is 1.61. The number of fused-ring (bicyclic) bond motifs is 1. The number of rotatable bonds is 7. The number of hydrogen-bond donors (Lipinski definition) is 4. The molecule has 1 fully saturated rings. The fourth-order valence-corrected chi connectivity index (χ4v) is 4.29. The van der Waals surface area contributed by atoms with Gasteiger partial charge in [0.15, 0.2) is 0 Å². The SMILES string of the molecule is COc1cc(C(=O)O)ccc1NCC#Cc1cc2c(N[C@@H]3CCNC[C@@H]3F)cccc2n1CC(F)(F)F. The Hall–Kier alpha value is -3.91. The smallest absolute Gasteiger partial charge is 0.406 e. The minimum atomic E-state index is -4.47. The van der Waals surface area contributed by atoms with Gasteiger partial charge in [0.2, 0.25) is 0 Å². The van der Waals surface area contributed by atoms with Crippen LogP contribution in [0, 0.1) is 11.8 Å². The van der Waals surface area contributed by atoms with Gasteiger partial charge in [0, 0.05) is 17.6 Å². The average Bonchev–Trinajstić information content (AvgIpc) is 3.19. The summed E-state index contributed by atoms with van der Waals surface area (Å²) in [5.74, 6) is 4.83. The van der Waals surface area contributed by atoms with Gasteiger partial charge in [-0.2, -0.15) is 13.2 Å². The van der Waals surface area contributed by atoms with Crippen molar-refractivity contribution in [2.24, 2.45) is 0 Å². The van der Waals surface area contributed by atoms with Crippen LogP contribution in [-0.2, 0) is 6.54 Å². The van der Waals surface area contributed by atoms with Gasteiger partial charge in [-0.1, -0.05) is 12.0 Å². The Kier molecular flexibility index (Phi) is 7.78. The maximum atomic E-state index is 14.4. The van der Waals surface area contributed by atoms with Crippen LogP contribution in [0.1, 0.15) is 22.5 Å². The third-order valence-corrected chi connectivity index (χ3v) is 6.06. The zero-order chi connectivity index (χ0) is 26.6. The molecule has 0 aliphatic carbocycles. The third-order valence-electron chi connectivity index (χ3n) is 6.06. The molecule has 0 radical (unpaired) electrons. The van der Waals surface area contributed by atoms with Crippen LogP contribution in [0.4, 0.5) is 28.9 Å². The summed E-state index contributed by atoms with van der Waals surface area (Å²) >= 11 is 0. The summed E-state index contributed by atoms with van der Waals surface area (Å²) < 4.78 is 60.9. The van der Waals surface area contributed by atoms with Crippen molar-refractivity contribution in [3.63, 3.8) is 0 Å². The van der Waals surface area contributed by atoms with Crippen LogP contribution >= 0.6 is 0 Å². The molecular formula is C26H26F4N4O3. The lowest BCUT2D eigenvalue weighted by molar-refractivity contribution is -0.140. The van der Waals surface area contributed by atoms with Gasteiger partial charge in [-0.05, 0) is 55.3 Å². The van der Waals surface area contributed by atoms with E-state index in [1.165, 1.54) is 25.3 Å². The quantitative estimate of drug-likeness (QED) is 0.273. The molecule has 1 aliphatic rings. The number of aromatic carboxylic acids is 1.